The lowest BCUT2D eigenvalue weighted by Gasteiger charge is -2.32. The molecule has 1 aliphatic rings. The standard InChI is InChI=1S/C22H27N7O2/c1-2-28-12-10-19(11-13-28)24-17-6-8-18(9-7-17)25-22(30)15-31-21-5-3-4-20(14-21)29-16-23-26-27-29/h3-9,14,16,19,24H,2,10-13,15H2,1H3,(H,25,30). The highest BCUT2D eigenvalue weighted by Crippen LogP contribution is 2.19. The zero-order chi connectivity index (χ0) is 21.5. The minimum Gasteiger partial charge on any atom is -0.484 e. The molecule has 2 aromatic carbocycles. The second-order valence-electron chi connectivity index (χ2n) is 7.52. The van der Waals surface area contributed by atoms with E-state index in [0.717, 1.165) is 49.5 Å². The number of aromatic nitrogens is 4. The van der Waals surface area contributed by atoms with E-state index in [0.29, 0.717) is 11.8 Å². The van der Waals surface area contributed by atoms with Crippen LogP contribution in [0.3, 0.4) is 0 Å². The molecule has 0 unspecified atom stereocenters. The van der Waals surface area contributed by atoms with Gasteiger partial charge in [0, 0.05) is 36.6 Å². The van der Waals surface area contributed by atoms with E-state index in [1.165, 1.54) is 11.0 Å². The fourth-order valence-corrected chi connectivity index (χ4v) is 3.62. The SMILES string of the molecule is CCN1CCC(Nc2ccc(NC(=O)COc3cccc(-n4cnnn4)c3)cc2)CC1. The van der Waals surface area contributed by atoms with Gasteiger partial charge in [0.2, 0.25) is 0 Å². The van der Waals surface area contributed by atoms with Crippen molar-refractivity contribution in [3.63, 3.8) is 0 Å². The predicted octanol–water partition coefficient (Wildman–Crippen LogP) is 2.58. The Kier molecular flexibility index (Phi) is 6.73. The first-order valence-corrected chi connectivity index (χ1v) is 10.5. The maximum absolute atomic E-state index is 12.3. The van der Waals surface area contributed by atoms with Gasteiger partial charge in [-0.05, 0) is 66.2 Å². The van der Waals surface area contributed by atoms with Crippen LogP contribution in [0.15, 0.2) is 54.9 Å². The highest BCUT2D eigenvalue weighted by atomic mass is 16.5. The summed E-state index contributed by atoms with van der Waals surface area (Å²) in [5.74, 6) is 0.345. The number of amides is 1. The number of ether oxygens (including phenoxy) is 1. The monoisotopic (exact) mass is 421 g/mol. The van der Waals surface area contributed by atoms with Gasteiger partial charge >= 0.3 is 0 Å². The highest BCUT2D eigenvalue weighted by molar-refractivity contribution is 5.92. The van der Waals surface area contributed by atoms with E-state index >= 15 is 0 Å². The topological polar surface area (TPSA) is 97.2 Å². The van der Waals surface area contributed by atoms with E-state index in [1.54, 1.807) is 12.1 Å². The average Bonchev–Trinajstić information content (AvgIpc) is 3.35. The molecule has 2 N–H and O–H groups in total. The number of nitrogens with one attached hydrogen (secondary N) is 2. The number of benzene rings is 2. The second kappa shape index (κ2) is 10.0. The van der Waals surface area contributed by atoms with Crippen LogP contribution in [0.5, 0.6) is 5.75 Å². The molecule has 0 aliphatic carbocycles. The number of rotatable bonds is 8. The van der Waals surface area contributed by atoms with Gasteiger partial charge < -0.3 is 20.3 Å². The van der Waals surface area contributed by atoms with Crippen molar-refractivity contribution < 1.29 is 9.53 Å². The lowest BCUT2D eigenvalue weighted by atomic mass is 10.0. The number of tetrazole rings is 1. The molecule has 9 heteroatoms. The van der Waals surface area contributed by atoms with Gasteiger partial charge in [0.05, 0.1) is 5.69 Å². The Morgan fingerprint density at radius 3 is 2.61 bits per heavy atom. The van der Waals surface area contributed by atoms with Gasteiger partial charge in [-0.25, -0.2) is 4.68 Å². The molecule has 2 heterocycles. The summed E-state index contributed by atoms with van der Waals surface area (Å²) in [6.45, 7) is 5.52. The number of anilines is 2. The quantitative estimate of drug-likeness (QED) is 0.577. The summed E-state index contributed by atoms with van der Waals surface area (Å²) in [7, 11) is 0. The molecule has 4 rings (SSSR count). The predicted molar refractivity (Wildman–Crippen MR) is 118 cm³/mol. The number of hydrogen-bond acceptors (Lipinski definition) is 7. The number of carbonyl (C=O) groups excluding carboxylic acids is 1. The number of piperidine rings is 1. The van der Waals surface area contributed by atoms with Crippen LogP contribution >= 0.6 is 0 Å². The molecule has 1 saturated heterocycles. The van der Waals surface area contributed by atoms with Crippen molar-refractivity contribution in [3.8, 4) is 11.4 Å². The van der Waals surface area contributed by atoms with Crippen molar-refractivity contribution in [2.75, 3.05) is 36.9 Å². The maximum Gasteiger partial charge on any atom is 0.262 e. The number of nitrogens with zero attached hydrogens (tertiary/aromatic N) is 5. The molecule has 1 amide bonds. The number of likely N-dealkylation sites (tertiary alicyclic amines) is 1. The fraction of sp³-hybridized carbons (Fsp3) is 0.364. The third-order valence-corrected chi connectivity index (χ3v) is 5.38. The van der Waals surface area contributed by atoms with E-state index in [2.05, 4.69) is 38.0 Å². The van der Waals surface area contributed by atoms with E-state index in [4.69, 9.17) is 4.74 Å². The Morgan fingerprint density at radius 2 is 1.90 bits per heavy atom. The zero-order valence-corrected chi connectivity index (χ0v) is 17.6. The first kappa shape index (κ1) is 20.8. The summed E-state index contributed by atoms with van der Waals surface area (Å²) in [6.07, 6.45) is 3.80. The Bertz CT molecular complexity index is 968. The van der Waals surface area contributed by atoms with Gasteiger partial charge in [0.15, 0.2) is 6.61 Å². The molecule has 0 spiro atoms. The van der Waals surface area contributed by atoms with Gasteiger partial charge in [0.25, 0.3) is 5.91 Å². The van der Waals surface area contributed by atoms with Crippen molar-refractivity contribution in [2.24, 2.45) is 0 Å². The molecule has 0 saturated carbocycles. The van der Waals surface area contributed by atoms with Crippen molar-refractivity contribution >= 4 is 17.3 Å². The van der Waals surface area contributed by atoms with Crippen LogP contribution in [0.4, 0.5) is 11.4 Å². The van der Waals surface area contributed by atoms with Gasteiger partial charge in [-0.3, -0.25) is 4.79 Å². The van der Waals surface area contributed by atoms with Crippen molar-refractivity contribution in [3.05, 3.63) is 54.9 Å². The molecule has 1 fully saturated rings. The Labute approximate surface area is 181 Å². The smallest absolute Gasteiger partial charge is 0.262 e. The zero-order valence-electron chi connectivity index (χ0n) is 17.6. The Morgan fingerprint density at radius 1 is 1.13 bits per heavy atom. The molecule has 0 bridgehead atoms. The van der Waals surface area contributed by atoms with E-state index in [1.807, 2.05) is 36.4 Å². The lowest BCUT2D eigenvalue weighted by Crippen LogP contribution is -2.38. The molecule has 0 atom stereocenters. The molecular formula is C22H27N7O2. The van der Waals surface area contributed by atoms with Crippen LogP contribution in [0.1, 0.15) is 19.8 Å². The van der Waals surface area contributed by atoms with E-state index in [-0.39, 0.29) is 12.5 Å². The minimum absolute atomic E-state index is 0.0882. The molecule has 31 heavy (non-hydrogen) atoms. The second-order valence-corrected chi connectivity index (χ2v) is 7.52. The summed E-state index contributed by atoms with van der Waals surface area (Å²) in [6, 6.07) is 15.5. The highest BCUT2D eigenvalue weighted by Gasteiger charge is 2.17. The van der Waals surface area contributed by atoms with Crippen LogP contribution in [-0.2, 0) is 4.79 Å². The van der Waals surface area contributed by atoms with Gasteiger partial charge in [-0.1, -0.05) is 13.0 Å². The van der Waals surface area contributed by atoms with Crippen LogP contribution in [0.25, 0.3) is 5.69 Å². The maximum atomic E-state index is 12.3. The van der Waals surface area contributed by atoms with Crippen molar-refractivity contribution in [1.82, 2.24) is 25.1 Å². The Hall–Kier alpha value is -3.46. The van der Waals surface area contributed by atoms with Crippen LogP contribution in [0.2, 0.25) is 0 Å². The minimum atomic E-state index is -0.222. The third-order valence-electron chi connectivity index (χ3n) is 5.38. The van der Waals surface area contributed by atoms with Crippen molar-refractivity contribution in [2.45, 2.75) is 25.8 Å². The first-order valence-electron chi connectivity index (χ1n) is 10.5. The van der Waals surface area contributed by atoms with Gasteiger partial charge in [-0.15, -0.1) is 5.10 Å². The largest absolute Gasteiger partial charge is 0.484 e. The van der Waals surface area contributed by atoms with Gasteiger partial charge in [0.1, 0.15) is 12.1 Å². The van der Waals surface area contributed by atoms with Crippen LogP contribution < -0.4 is 15.4 Å². The van der Waals surface area contributed by atoms with Gasteiger partial charge in [-0.2, -0.15) is 0 Å². The molecular weight excluding hydrogens is 394 g/mol. The molecule has 1 aliphatic heterocycles. The average molecular weight is 422 g/mol. The Balaban J connectivity index is 1.24. The normalized spacial score (nSPS) is 14.9. The summed E-state index contributed by atoms with van der Waals surface area (Å²) < 4.78 is 7.13. The fourth-order valence-electron chi connectivity index (χ4n) is 3.62. The summed E-state index contributed by atoms with van der Waals surface area (Å²) in [5.41, 5.74) is 2.57. The third kappa shape index (κ3) is 5.79. The number of carbonyl (C=O) groups is 1. The summed E-state index contributed by atoms with van der Waals surface area (Å²) >= 11 is 0. The first-order chi connectivity index (χ1) is 15.2. The molecule has 3 aromatic rings. The number of hydrogen-bond donors (Lipinski definition) is 2. The van der Waals surface area contributed by atoms with E-state index < -0.39 is 0 Å². The van der Waals surface area contributed by atoms with Crippen LogP contribution in [-0.4, -0.2) is 63.3 Å². The molecule has 162 valence electrons. The molecule has 0 radical (unpaired) electrons. The molecule has 9 nitrogen and oxygen atoms in total. The van der Waals surface area contributed by atoms with Crippen LogP contribution in [0, 0.1) is 0 Å². The summed E-state index contributed by atoms with van der Waals surface area (Å²) in [5, 5.41) is 17.5. The summed E-state index contributed by atoms with van der Waals surface area (Å²) in [4.78, 5) is 14.7. The van der Waals surface area contributed by atoms with E-state index in [9.17, 15) is 4.79 Å². The molecule has 1 aromatic heterocycles. The lowest BCUT2D eigenvalue weighted by molar-refractivity contribution is -0.118. The van der Waals surface area contributed by atoms with Crippen molar-refractivity contribution in [1.29, 1.82) is 0 Å².